The fraction of sp³-hybridized carbons (Fsp3) is 0.235. The zero-order valence-corrected chi connectivity index (χ0v) is 13.4. The summed E-state index contributed by atoms with van der Waals surface area (Å²) in [6, 6.07) is 6.26. The summed E-state index contributed by atoms with van der Waals surface area (Å²) in [5.74, 6) is 0.0820. The van der Waals surface area contributed by atoms with Crippen molar-refractivity contribution >= 4 is 17.4 Å². The standard InChI is InChI=1S/C17H17FN4O2/c1-3-12-15(17(23)21-14-8-7-11(18)10-19-14)22-9-5-6-13(24-4-2)16(22)20-12/h5-10H,3-4H2,1-2H3,(H,19,21,23). The number of carbonyl (C=O) groups excluding carboxylic acids is 1. The van der Waals surface area contributed by atoms with Crippen molar-refractivity contribution in [2.24, 2.45) is 0 Å². The molecule has 3 heterocycles. The van der Waals surface area contributed by atoms with Crippen LogP contribution < -0.4 is 10.1 Å². The summed E-state index contributed by atoms with van der Waals surface area (Å²) in [6.07, 6.45) is 3.40. The van der Waals surface area contributed by atoms with Gasteiger partial charge in [-0.25, -0.2) is 14.4 Å². The maximum atomic E-state index is 12.9. The van der Waals surface area contributed by atoms with Gasteiger partial charge in [0.15, 0.2) is 11.4 Å². The molecule has 6 nitrogen and oxygen atoms in total. The van der Waals surface area contributed by atoms with Crippen LogP contribution in [0.15, 0.2) is 36.7 Å². The number of hydrogen-bond donors (Lipinski definition) is 1. The van der Waals surface area contributed by atoms with E-state index in [2.05, 4.69) is 15.3 Å². The smallest absolute Gasteiger partial charge is 0.275 e. The predicted octanol–water partition coefficient (Wildman–Crippen LogP) is 3.08. The number of imidazole rings is 1. The third-order valence-corrected chi connectivity index (χ3v) is 3.51. The number of aromatic nitrogens is 3. The van der Waals surface area contributed by atoms with Crippen molar-refractivity contribution in [3.8, 4) is 5.75 Å². The van der Waals surface area contributed by atoms with E-state index >= 15 is 0 Å². The minimum Gasteiger partial charge on any atom is -0.490 e. The number of nitrogens with one attached hydrogen (secondary N) is 1. The summed E-state index contributed by atoms with van der Waals surface area (Å²) in [6.45, 7) is 4.32. The first kappa shape index (κ1) is 15.9. The van der Waals surface area contributed by atoms with Crippen LogP contribution in [0.1, 0.15) is 30.0 Å². The summed E-state index contributed by atoms with van der Waals surface area (Å²) < 4.78 is 20.2. The maximum absolute atomic E-state index is 12.9. The molecule has 1 amide bonds. The second-order valence-corrected chi connectivity index (χ2v) is 5.08. The zero-order chi connectivity index (χ0) is 17.1. The van der Waals surface area contributed by atoms with E-state index in [-0.39, 0.29) is 11.7 Å². The van der Waals surface area contributed by atoms with Gasteiger partial charge in [0.05, 0.1) is 18.5 Å². The molecule has 0 fully saturated rings. The van der Waals surface area contributed by atoms with Gasteiger partial charge in [0.25, 0.3) is 5.91 Å². The van der Waals surface area contributed by atoms with E-state index in [0.717, 1.165) is 6.20 Å². The monoisotopic (exact) mass is 328 g/mol. The van der Waals surface area contributed by atoms with Crippen LogP contribution in [0, 0.1) is 5.82 Å². The zero-order valence-electron chi connectivity index (χ0n) is 13.4. The van der Waals surface area contributed by atoms with E-state index < -0.39 is 5.82 Å². The average molecular weight is 328 g/mol. The lowest BCUT2D eigenvalue weighted by Crippen LogP contribution is -2.17. The molecule has 0 atom stereocenters. The highest BCUT2D eigenvalue weighted by Gasteiger charge is 2.20. The summed E-state index contributed by atoms with van der Waals surface area (Å²) in [7, 11) is 0. The van der Waals surface area contributed by atoms with Crippen LogP contribution >= 0.6 is 0 Å². The number of nitrogens with zero attached hydrogens (tertiary/aromatic N) is 3. The number of anilines is 1. The van der Waals surface area contributed by atoms with Crippen LogP contribution in [0.3, 0.4) is 0 Å². The van der Waals surface area contributed by atoms with Gasteiger partial charge in [0.1, 0.15) is 17.3 Å². The van der Waals surface area contributed by atoms with E-state index in [1.165, 1.54) is 12.1 Å². The Morgan fingerprint density at radius 2 is 2.17 bits per heavy atom. The Morgan fingerprint density at radius 3 is 2.83 bits per heavy atom. The van der Waals surface area contributed by atoms with Crippen LogP contribution in [-0.4, -0.2) is 26.9 Å². The third kappa shape index (κ3) is 2.92. The van der Waals surface area contributed by atoms with Crippen molar-refractivity contribution in [3.05, 3.63) is 53.9 Å². The first-order chi connectivity index (χ1) is 11.6. The van der Waals surface area contributed by atoms with Crippen LogP contribution in [0.4, 0.5) is 10.2 Å². The van der Waals surface area contributed by atoms with Gasteiger partial charge in [0, 0.05) is 6.20 Å². The molecule has 0 saturated carbocycles. The van der Waals surface area contributed by atoms with Gasteiger partial charge in [-0.15, -0.1) is 0 Å². The van der Waals surface area contributed by atoms with Crippen molar-refractivity contribution in [3.63, 3.8) is 0 Å². The molecule has 0 aliphatic heterocycles. The summed E-state index contributed by atoms with van der Waals surface area (Å²) in [5, 5.41) is 2.67. The Hall–Kier alpha value is -2.96. The summed E-state index contributed by atoms with van der Waals surface area (Å²) >= 11 is 0. The van der Waals surface area contributed by atoms with E-state index in [1.807, 2.05) is 19.9 Å². The second-order valence-electron chi connectivity index (χ2n) is 5.08. The molecule has 0 bridgehead atoms. The number of halogens is 1. The molecule has 24 heavy (non-hydrogen) atoms. The number of hydrogen-bond acceptors (Lipinski definition) is 4. The fourth-order valence-electron chi connectivity index (χ4n) is 2.47. The van der Waals surface area contributed by atoms with Crippen molar-refractivity contribution in [1.29, 1.82) is 0 Å². The highest BCUT2D eigenvalue weighted by molar-refractivity contribution is 6.04. The highest BCUT2D eigenvalue weighted by atomic mass is 19.1. The maximum Gasteiger partial charge on any atom is 0.275 e. The summed E-state index contributed by atoms with van der Waals surface area (Å²) in [5.41, 5.74) is 1.66. The fourth-order valence-corrected chi connectivity index (χ4v) is 2.47. The molecule has 3 aromatic heterocycles. The molecule has 3 aromatic rings. The number of aryl methyl sites for hydroxylation is 1. The third-order valence-electron chi connectivity index (χ3n) is 3.51. The molecular formula is C17H17FN4O2. The molecule has 0 spiro atoms. The number of amides is 1. The van der Waals surface area contributed by atoms with Gasteiger partial charge in [-0.3, -0.25) is 9.20 Å². The van der Waals surface area contributed by atoms with Crippen LogP contribution in [0.5, 0.6) is 5.75 Å². The molecule has 0 aliphatic rings. The van der Waals surface area contributed by atoms with E-state index in [9.17, 15) is 9.18 Å². The van der Waals surface area contributed by atoms with Gasteiger partial charge < -0.3 is 10.1 Å². The Morgan fingerprint density at radius 1 is 1.33 bits per heavy atom. The lowest BCUT2D eigenvalue weighted by Gasteiger charge is -2.07. The Kier molecular flexibility index (Phi) is 4.41. The van der Waals surface area contributed by atoms with Crippen LogP contribution in [0.2, 0.25) is 0 Å². The largest absolute Gasteiger partial charge is 0.490 e. The first-order valence-corrected chi connectivity index (χ1v) is 7.69. The molecule has 0 unspecified atom stereocenters. The summed E-state index contributed by atoms with van der Waals surface area (Å²) in [4.78, 5) is 21.0. The topological polar surface area (TPSA) is 68.5 Å². The molecular weight excluding hydrogens is 311 g/mol. The SMILES string of the molecule is CCOc1cccn2c(C(=O)Nc3ccc(F)cn3)c(CC)nc12. The Labute approximate surface area is 138 Å². The molecule has 0 aromatic carbocycles. The molecule has 3 rings (SSSR count). The van der Waals surface area contributed by atoms with Crippen molar-refractivity contribution < 1.29 is 13.9 Å². The molecule has 0 aliphatic carbocycles. The lowest BCUT2D eigenvalue weighted by atomic mass is 10.2. The second kappa shape index (κ2) is 6.66. The first-order valence-electron chi connectivity index (χ1n) is 7.69. The highest BCUT2D eigenvalue weighted by Crippen LogP contribution is 2.23. The lowest BCUT2D eigenvalue weighted by molar-refractivity contribution is 0.102. The molecule has 0 radical (unpaired) electrons. The Bertz CT molecular complexity index is 874. The van der Waals surface area contributed by atoms with Gasteiger partial charge in [-0.1, -0.05) is 6.92 Å². The number of ether oxygens (including phenoxy) is 1. The number of carbonyl (C=O) groups is 1. The number of fused-ring (bicyclic) bond motifs is 1. The number of pyridine rings is 2. The van der Waals surface area contributed by atoms with Crippen molar-refractivity contribution in [1.82, 2.24) is 14.4 Å². The van der Waals surface area contributed by atoms with Gasteiger partial charge in [-0.05, 0) is 37.6 Å². The van der Waals surface area contributed by atoms with Crippen molar-refractivity contribution in [2.45, 2.75) is 20.3 Å². The van der Waals surface area contributed by atoms with E-state index in [0.29, 0.717) is 35.8 Å². The minimum atomic E-state index is -0.460. The minimum absolute atomic E-state index is 0.277. The number of rotatable bonds is 5. The van der Waals surface area contributed by atoms with E-state index in [4.69, 9.17) is 4.74 Å². The molecule has 7 heteroatoms. The van der Waals surface area contributed by atoms with Gasteiger partial charge in [-0.2, -0.15) is 0 Å². The van der Waals surface area contributed by atoms with Crippen LogP contribution in [0.25, 0.3) is 5.65 Å². The quantitative estimate of drug-likeness (QED) is 0.781. The average Bonchev–Trinajstić information content (AvgIpc) is 2.97. The molecule has 124 valence electrons. The normalized spacial score (nSPS) is 10.8. The predicted molar refractivity (Wildman–Crippen MR) is 87.9 cm³/mol. The molecule has 1 N–H and O–H groups in total. The van der Waals surface area contributed by atoms with Crippen LogP contribution in [-0.2, 0) is 6.42 Å². The Balaban J connectivity index is 2.02. The van der Waals surface area contributed by atoms with Gasteiger partial charge in [0.2, 0.25) is 0 Å². The molecule has 0 saturated heterocycles. The van der Waals surface area contributed by atoms with E-state index in [1.54, 1.807) is 16.7 Å². The van der Waals surface area contributed by atoms with Gasteiger partial charge >= 0.3 is 0 Å². The van der Waals surface area contributed by atoms with Crippen molar-refractivity contribution in [2.75, 3.05) is 11.9 Å².